The summed E-state index contributed by atoms with van der Waals surface area (Å²) in [6.07, 6.45) is 1.27. The van der Waals surface area contributed by atoms with Crippen LogP contribution in [0.1, 0.15) is 36.9 Å². The van der Waals surface area contributed by atoms with E-state index in [1.807, 2.05) is 10.7 Å². The molecule has 1 unspecified atom stereocenters. The number of carbonyl (C=O) groups is 1. The van der Waals surface area contributed by atoms with Gasteiger partial charge in [-0.15, -0.1) is 0 Å². The average Bonchev–Trinajstić information content (AvgIpc) is 3.09. The van der Waals surface area contributed by atoms with Crippen molar-refractivity contribution in [3.63, 3.8) is 0 Å². The first-order valence-electron chi connectivity index (χ1n) is 9.56. The Morgan fingerprint density at radius 2 is 2.07 bits per heavy atom. The number of carbonyl (C=O) groups excluding carboxylic acids is 1. The van der Waals surface area contributed by atoms with E-state index >= 15 is 0 Å². The van der Waals surface area contributed by atoms with Gasteiger partial charge in [0.25, 0.3) is 0 Å². The number of nitrogens with one attached hydrogen (secondary N) is 1. The summed E-state index contributed by atoms with van der Waals surface area (Å²) in [6.45, 7) is 1.50. The van der Waals surface area contributed by atoms with Crippen molar-refractivity contribution < 1.29 is 18.0 Å². The minimum atomic E-state index is -4.48. The molecule has 0 aliphatic carbocycles. The molecule has 1 saturated heterocycles. The number of hydrogen-bond acceptors (Lipinski definition) is 4. The fourth-order valence-electron chi connectivity index (χ4n) is 3.96. The number of piperidine rings is 1. The van der Waals surface area contributed by atoms with Crippen molar-refractivity contribution in [1.29, 1.82) is 0 Å². The molecule has 150 valence electrons. The van der Waals surface area contributed by atoms with Crippen LogP contribution in [-0.2, 0) is 23.9 Å². The zero-order chi connectivity index (χ0) is 19.7. The molecule has 4 rings (SSSR count). The Bertz CT molecular complexity index is 840. The molecule has 9 heteroatoms. The van der Waals surface area contributed by atoms with Crippen LogP contribution in [0.4, 0.5) is 24.8 Å². The lowest BCUT2D eigenvalue weighted by Gasteiger charge is -2.34. The Balaban J connectivity index is 1.47. The number of halogens is 3. The summed E-state index contributed by atoms with van der Waals surface area (Å²) < 4.78 is 41.8. The smallest absolute Gasteiger partial charge is 0.355 e. The van der Waals surface area contributed by atoms with E-state index in [0.29, 0.717) is 25.2 Å². The highest BCUT2D eigenvalue weighted by atomic mass is 19.4. The maximum Gasteiger partial charge on any atom is 0.419 e. The fraction of sp³-hybridized carbons (Fsp3) is 0.526. The van der Waals surface area contributed by atoms with Gasteiger partial charge in [-0.3, -0.25) is 9.48 Å². The molecule has 1 atom stereocenters. The predicted octanol–water partition coefficient (Wildman–Crippen LogP) is 3.49. The maximum atomic E-state index is 13.3. The van der Waals surface area contributed by atoms with Gasteiger partial charge in [0.2, 0.25) is 5.91 Å². The number of hydrogen-bond donors (Lipinski definition) is 1. The summed E-state index contributed by atoms with van der Waals surface area (Å²) in [7, 11) is 0. The monoisotopic (exact) mass is 393 g/mol. The highest BCUT2D eigenvalue weighted by molar-refractivity contribution is 5.92. The van der Waals surface area contributed by atoms with Crippen LogP contribution in [0.2, 0.25) is 0 Å². The second-order valence-electron chi connectivity index (χ2n) is 7.35. The van der Waals surface area contributed by atoms with Crippen LogP contribution in [0.3, 0.4) is 0 Å². The van der Waals surface area contributed by atoms with Crippen molar-refractivity contribution >= 4 is 17.5 Å². The van der Waals surface area contributed by atoms with Crippen molar-refractivity contribution in [2.45, 2.75) is 44.8 Å². The van der Waals surface area contributed by atoms with E-state index in [-0.39, 0.29) is 18.3 Å². The molecule has 28 heavy (non-hydrogen) atoms. The lowest BCUT2D eigenvalue weighted by Crippen LogP contribution is -2.42. The van der Waals surface area contributed by atoms with E-state index in [1.165, 1.54) is 12.3 Å². The molecule has 1 amide bonds. The lowest BCUT2D eigenvalue weighted by molar-refractivity contribution is -0.137. The highest BCUT2D eigenvalue weighted by Crippen LogP contribution is 2.36. The topological polar surface area (TPSA) is 63.1 Å². The van der Waals surface area contributed by atoms with Gasteiger partial charge in [-0.05, 0) is 44.2 Å². The van der Waals surface area contributed by atoms with Gasteiger partial charge in [0.1, 0.15) is 5.82 Å². The van der Waals surface area contributed by atoms with Crippen LogP contribution in [0.15, 0.2) is 24.4 Å². The number of amides is 1. The standard InChI is InChI=1S/C19H22F3N5O/c20-19(21,22)15-7-3-8-23-17(15)26-9-4-5-13(12-26)18(28)24-16-11-14-6-1-2-10-27(14)25-16/h3,7-8,11,13H,1-2,4-6,9-10,12H2,(H,24,25,28). The summed E-state index contributed by atoms with van der Waals surface area (Å²) in [4.78, 5) is 18.2. The van der Waals surface area contributed by atoms with Gasteiger partial charge >= 0.3 is 6.18 Å². The van der Waals surface area contributed by atoms with Gasteiger partial charge in [-0.25, -0.2) is 4.98 Å². The number of nitrogens with zero attached hydrogens (tertiary/aromatic N) is 4. The summed E-state index contributed by atoms with van der Waals surface area (Å²) in [6, 6.07) is 4.20. The van der Waals surface area contributed by atoms with E-state index in [9.17, 15) is 18.0 Å². The largest absolute Gasteiger partial charge is 0.419 e. The zero-order valence-electron chi connectivity index (χ0n) is 15.4. The van der Waals surface area contributed by atoms with Crippen molar-refractivity contribution in [3.05, 3.63) is 35.7 Å². The fourth-order valence-corrected chi connectivity index (χ4v) is 3.96. The lowest BCUT2D eigenvalue weighted by atomic mass is 9.96. The molecule has 2 aliphatic rings. The minimum absolute atomic E-state index is 0.107. The Kier molecular flexibility index (Phi) is 4.99. The molecule has 0 bridgehead atoms. The molecule has 4 heterocycles. The molecule has 1 N–H and O–H groups in total. The molecular formula is C19H22F3N5O. The van der Waals surface area contributed by atoms with E-state index < -0.39 is 17.7 Å². The van der Waals surface area contributed by atoms with Gasteiger partial charge in [-0.1, -0.05) is 0 Å². The Morgan fingerprint density at radius 1 is 1.21 bits per heavy atom. The predicted molar refractivity (Wildman–Crippen MR) is 98.0 cm³/mol. The van der Waals surface area contributed by atoms with Crippen LogP contribution >= 0.6 is 0 Å². The molecule has 0 aromatic carbocycles. The number of alkyl halides is 3. The Morgan fingerprint density at radius 3 is 2.86 bits per heavy atom. The third kappa shape index (κ3) is 3.83. The third-order valence-electron chi connectivity index (χ3n) is 5.35. The molecule has 0 radical (unpaired) electrons. The quantitative estimate of drug-likeness (QED) is 0.867. The molecule has 2 aromatic heterocycles. The Hall–Kier alpha value is -2.58. The summed E-state index contributed by atoms with van der Waals surface area (Å²) >= 11 is 0. The van der Waals surface area contributed by atoms with E-state index in [1.54, 1.807) is 4.90 Å². The number of aryl methyl sites for hydroxylation is 2. The molecule has 2 aromatic rings. The zero-order valence-corrected chi connectivity index (χ0v) is 15.4. The van der Waals surface area contributed by atoms with E-state index in [0.717, 1.165) is 37.6 Å². The normalized spacial score (nSPS) is 20.0. The van der Waals surface area contributed by atoms with Crippen molar-refractivity contribution in [1.82, 2.24) is 14.8 Å². The molecule has 2 aliphatic heterocycles. The summed E-state index contributed by atoms with van der Waals surface area (Å²) in [5.41, 5.74) is 0.341. The van der Waals surface area contributed by atoms with E-state index in [2.05, 4.69) is 15.4 Å². The first-order valence-corrected chi connectivity index (χ1v) is 9.56. The molecular weight excluding hydrogens is 371 g/mol. The van der Waals surface area contributed by atoms with Crippen molar-refractivity contribution in [2.75, 3.05) is 23.3 Å². The summed E-state index contributed by atoms with van der Waals surface area (Å²) in [5.74, 6) is -0.196. The van der Waals surface area contributed by atoms with Gasteiger partial charge in [-0.2, -0.15) is 18.3 Å². The third-order valence-corrected chi connectivity index (χ3v) is 5.35. The molecule has 0 saturated carbocycles. The summed E-state index contributed by atoms with van der Waals surface area (Å²) in [5, 5.41) is 7.26. The SMILES string of the molecule is O=C(Nc1cc2n(n1)CCCC2)C1CCCN(c2ncccc2C(F)(F)F)C1. The van der Waals surface area contributed by atoms with Crippen molar-refractivity contribution in [2.24, 2.45) is 5.92 Å². The van der Waals surface area contributed by atoms with Crippen molar-refractivity contribution in [3.8, 4) is 0 Å². The maximum absolute atomic E-state index is 13.3. The molecule has 0 spiro atoms. The average molecular weight is 393 g/mol. The first-order chi connectivity index (χ1) is 13.4. The number of aromatic nitrogens is 3. The van der Waals surface area contributed by atoms with Gasteiger partial charge in [0, 0.05) is 37.6 Å². The number of fused-ring (bicyclic) bond motifs is 1. The van der Waals surface area contributed by atoms with Crippen LogP contribution in [0.25, 0.3) is 0 Å². The second-order valence-corrected chi connectivity index (χ2v) is 7.35. The highest BCUT2D eigenvalue weighted by Gasteiger charge is 2.37. The first kappa shape index (κ1) is 18.8. The van der Waals surface area contributed by atoms with Crippen LogP contribution in [0.5, 0.6) is 0 Å². The van der Waals surface area contributed by atoms with E-state index in [4.69, 9.17) is 0 Å². The number of pyridine rings is 1. The van der Waals surface area contributed by atoms with Crippen LogP contribution in [0, 0.1) is 5.92 Å². The second kappa shape index (κ2) is 7.44. The minimum Gasteiger partial charge on any atom is -0.355 e. The number of rotatable bonds is 3. The van der Waals surface area contributed by atoms with Gasteiger partial charge in [0.05, 0.1) is 11.5 Å². The van der Waals surface area contributed by atoms with Crippen LogP contribution in [-0.4, -0.2) is 33.8 Å². The number of anilines is 2. The van der Waals surface area contributed by atoms with Crippen LogP contribution < -0.4 is 10.2 Å². The Labute approximate surface area is 160 Å². The van der Waals surface area contributed by atoms with Gasteiger partial charge < -0.3 is 10.2 Å². The van der Waals surface area contributed by atoms with Gasteiger partial charge in [0.15, 0.2) is 5.82 Å². The molecule has 6 nitrogen and oxygen atoms in total. The molecule has 1 fully saturated rings.